The van der Waals surface area contributed by atoms with Crippen molar-refractivity contribution in [1.82, 2.24) is 4.90 Å². The van der Waals surface area contributed by atoms with Crippen molar-refractivity contribution in [2.24, 2.45) is 5.73 Å². The third kappa shape index (κ3) is 12.0. The van der Waals surface area contributed by atoms with Crippen LogP contribution in [0.3, 0.4) is 0 Å². The summed E-state index contributed by atoms with van der Waals surface area (Å²) in [4.78, 5) is 13.5. The lowest BCUT2D eigenvalue weighted by molar-refractivity contribution is -0.130. The standard InChI is InChI=1S/C26H47N3O11/c1-2-4-17(27)26(40)28-16-8-6-15(7-9-16)5-3-10-29(11-18(32)22(36)24(38)20(34)13-30)12-19(33)23(37)25(39)21(35)14-31/h6-9,17-25,30-39H,2-5,10-14,27H2,1H3,(H,28,40)/t17-,18-,19-,20+,21+,22+,23+,24+,25+/m0/s1. The lowest BCUT2D eigenvalue weighted by Gasteiger charge is -2.33. The third-order valence-electron chi connectivity index (χ3n) is 6.64. The van der Waals surface area contributed by atoms with Gasteiger partial charge in [0, 0.05) is 18.8 Å². The maximum atomic E-state index is 12.1. The van der Waals surface area contributed by atoms with Crippen molar-refractivity contribution in [2.45, 2.75) is 87.5 Å². The SMILES string of the molecule is CCC[C@H](N)C(=O)Nc1ccc(CCCN(C[C@H](O)[C@@H](O)[C@H](O)[C@H](O)CO)C[C@H](O)[C@@H](O)[C@H](O)[C@H](O)CO)cc1. The van der Waals surface area contributed by atoms with E-state index in [1.165, 1.54) is 4.90 Å². The predicted molar refractivity (Wildman–Crippen MR) is 145 cm³/mol. The summed E-state index contributed by atoms with van der Waals surface area (Å²) >= 11 is 0. The molecule has 0 aliphatic heterocycles. The minimum atomic E-state index is -1.85. The van der Waals surface area contributed by atoms with Crippen molar-refractivity contribution in [3.05, 3.63) is 29.8 Å². The van der Waals surface area contributed by atoms with Gasteiger partial charge in [-0.3, -0.25) is 9.69 Å². The maximum Gasteiger partial charge on any atom is 0.241 e. The van der Waals surface area contributed by atoms with Gasteiger partial charge in [-0.1, -0.05) is 25.5 Å². The van der Waals surface area contributed by atoms with Crippen LogP contribution in [0.1, 0.15) is 31.7 Å². The molecule has 0 spiro atoms. The first kappa shape index (κ1) is 36.2. The second-order valence-corrected chi connectivity index (χ2v) is 10.0. The first-order chi connectivity index (χ1) is 18.9. The molecule has 1 rings (SSSR count). The quantitative estimate of drug-likeness (QED) is 0.0703. The molecule has 0 saturated carbocycles. The van der Waals surface area contributed by atoms with Crippen molar-refractivity contribution in [3.63, 3.8) is 0 Å². The number of amides is 1. The Balaban J connectivity index is 2.84. The Morgan fingerprint density at radius 1 is 0.800 bits per heavy atom. The molecule has 0 unspecified atom stereocenters. The minimum absolute atomic E-state index is 0.204. The number of nitrogens with one attached hydrogen (secondary N) is 1. The molecule has 1 aromatic rings. The van der Waals surface area contributed by atoms with E-state index in [0.717, 1.165) is 12.0 Å². The lowest BCUT2D eigenvalue weighted by Crippen LogP contribution is -2.53. The highest BCUT2D eigenvalue weighted by Crippen LogP contribution is 2.14. The van der Waals surface area contributed by atoms with E-state index in [4.69, 9.17) is 15.9 Å². The number of hydrogen-bond donors (Lipinski definition) is 12. The molecular formula is C26H47N3O11. The summed E-state index contributed by atoms with van der Waals surface area (Å²) in [5.74, 6) is -0.278. The summed E-state index contributed by atoms with van der Waals surface area (Å²) < 4.78 is 0. The second-order valence-electron chi connectivity index (χ2n) is 10.0. The molecule has 14 nitrogen and oxygen atoms in total. The summed E-state index contributed by atoms with van der Waals surface area (Å²) in [5.41, 5.74) is 7.31. The van der Waals surface area contributed by atoms with Crippen molar-refractivity contribution < 1.29 is 55.9 Å². The Morgan fingerprint density at radius 2 is 1.25 bits per heavy atom. The van der Waals surface area contributed by atoms with Crippen molar-refractivity contribution in [1.29, 1.82) is 0 Å². The van der Waals surface area contributed by atoms with Crippen molar-refractivity contribution in [3.8, 4) is 0 Å². The molecule has 9 atom stereocenters. The first-order valence-electron chi connectivity index (χ1n) is 13.4. The Hall–Kier alpha value is -1.79. The average molecular weight is 578 g/mol. The van der Waals surface area contributed by atoms with Gasteiger partial charge in [0.1, 0.15) is 36.6 Å². The van der Waals surface area contributed by atoms with E-state index in [0.29, 0.717) is 24.9 Å². The van der Waals surface area contributed by atoms with Crippen LogP contribution in [0, 0.1) is 0 Å². The van der Waals surface area contributed by atoms with Crippen molar-refractivity contribution >= 4 is 11.6 Å². The van der Waals surface area contributed by atoms with Crippen LogP contribution in [-0.4, -0.2) is 150 Å². The van der Waals surface area contributed by atoms with E-state index in [2.05, 4.69) is 5.32 Å². The van der Waals surface area contributed by atoms with Gasteiger partial charge < -0.3 is 62.1 Å². The van der Waals surface area contributed by atoms with E-state index in [-0.39, 0.29) is 25.5 Å². The van der Waals surface area contributed by atoms with Gasteiger partial charge in [-0.2, -0.15) is 0 Å². The molecule has 0 radical (unpaired) electrons. The van der Waals surface area contributed by atoms with Gasteiger partial charge in [-0.15, -0.1) is 0 Å². The normalized spacial score (nSPS) is 18.8. The Labute approximate surface area is 233 Å². The zero-order chi connectivity index (χ0) is 30.4. The molecule has 14 heteroatoms. The molecule has 0 aliphatic carbocycles. The Morgan fingerprint density at radius 3 is 1.68 bits per heavy atom. The summed E-state index contributed by atoms with van der Waals surface area (Å²) in [5, 5.41) is 101. The first-order valence-corrected chi connectivity index (χ1v) is 13.4. The van der Waals surface area contributed by atoms with Crippen LogP contribution in [0.2, 0.25) is 0 Å². The van der Waals surface area contributed by atoms with E-state index in [1.807, 2.05) is 19.1 Å². The highest BCUT2D eigenvalue weighted by atomic mass is 16.4. The van der Waals surface area contributed by atoms with Crippen molar-refractivity contribution in [2.75, 3.05) is 38.2 Å². The summed E-state index contributed by atoms with van der Waals surface area (Å²) in [7, 11) is 0. The number of anilines is 1. The number of carbonyl (C=O) groups is 1. The average Bonchev–Trinajstić information content (AvgIpc) is 2.95. The second kappa shape index (κ2) is 18.6. The minimum Gasteiger partial charge on any atom is -0.394 e. The summed E-state index contributed by atoms with van der Waals surface area (Å²) in [6.07, 6.45) is -11.7. The number of rotatable bonds is 20. The fraction of sp³-hybridized carbons (Fsp3) is 0.731. The highest BCUT2D eigenvalue weighted by molar-refractivity contribution is 5.94. The largest absolute Gasteiger partial charge is 0.394 e. The van der Waals surface area contributed by atoms with Gasteiger partial charge in [0.05, 0.1) is 31.5 Å². The molecule has 1 amide bonds. The molecule has 1 aromatic carbocycles. The van der Waals surface area contributed by atoms with Gasteiger partial charge in [0.2, 0.25) is 5.91 Å². The molecule has 0 heterocycles. The molecule has 0 fully saturated rings. The van der Waals surface area contributed by atoms with Gasteiger partial charge in [0.25, 0.3) is 0 Å². The number of carbonyl (C=O) groups excluding carboxylic acids is 1. The van der Waals surface area contributed by atoms with E-state index < -0.39 is 68.1 Å². The zero-order valence-electron chi connectivity index (χ0n) is 22.8. The molecule has 0 saturated heterocycles. The van der Waals surface area contributed by atoms with Crippen LogP contribution in [0.15, 0.2) is 24.3 Å². The fourth-order valence-electron chi connectivity index (χ4n) is 4.07. The topological polar surface area (TPSA) is 261 Å². The van der Waals surface area contributed by atoms with Crippen LogP contribution in [0.4, 0.5) is 5.69 Å². The fourth-order valence-corrected chi connectivity index (χ4v) is 4.07. The van der Waals surface area contributed by atoms with Crippen LogP contribution in [0.5, 0.6) is 0 Å². The number of aliphatic hydroxyl groups is 10. The Kier molecular flexibility index (Phi) is 16.9. The molecule has 232 valence electrons. The van der Waals surface area contributed by atoms with Crippen LogP contribution >= 0.6 is 0 Å². The highest BCUT2D eigenvalue weighted by Gasteiger charge is 2.34. The molecular weight excluding hydrogens is 530 g/mol. The molecule has 0 aliphatic rings. The van der Waals surface area contributed by atoms with Gasteiger partial charge in [-0.25, -0.2) is 0 Å². The predicted octanol–water partition coefficient (Wildman–Crippen LogP) is -4.14. The number of aryl methyl sites for hydroxylation is 1. The van der Waals surface area contributed by atoms with E-state index in [1.54, 1.807) is 12.1 Å². The number of nitrogens with zero attached hydrogens (tertiary/aromatic N) is 1. The third-order valence-corrected chi connectivity index (χ3v) is 6.64. The van der Waals surface area contributed by atoms with Crippen LogP contribution < -0.4 is 11.1 Å². The van der Waals surface area contributed by atoms with Gasteiger partial charge >= 0.3 is 0 Å². The number of benzene rings is 1. The molecule has 13 N–H and O–H groups in total. The smallest absolute Gasteiger partial charge is 0.241 e. The molecule has 40 heavy (non-hydrogen) atoms. The lowest BCUT2D eigenvalue weighted by atomic mass is 10.0. The monoisotopic (exact) mass is 577 g/mol. The van der Waals surface area contributed by atoms with Crippen LogP contribution in [0.25, 0.3) is 0 Å². The summed E-state index contributed by atoms with van der Waals surface area (Å²) in [6, 6.07) is 6.47. The molecule has 0 bridgehead atoms. The van der Waals surface area contributed by atoms with Gasteiger partial charge in [0.15, 0.2) is 0 Å². The van der Waals surface area contributed by atoms with E-state index in [9.17, 15) is 45.6 Å². The van der Waals surface area contributed by atoms with E-state index >= 15 is 0 Å². The van der Waals surface area contributed by atoms with Crippen LogP contribution in [-0.2, 0) is 11.2 Å². The maximum absolute atomic E-state index is 12.1. The Bertz CT molecular complexity index is 805. The summed E-state index contributed by atoms with van der Waals surface area (Å²) in [6.45, 7) is -0.221. The number of aliphatic hydroxyl groups excluding tert-OH is 10. The van der Waals surface area contributed by atoms with Gasteiger partial charge in [-0.05, 0) is 43.5 Å². The molecule has 0 aromatic heterocycles. The zero-order valence-corrected chi connectivity index (χ0v) is 22.8. The number of hydrogen-bond acceptors (Lipinski definition) is 13. The number of nitrogens with two attached hydrogens (primary N) is 1.